The number of nitrogens with zero attached hydrogens (tertiary/aromatic N) is 5. The average Bonchev–Trinajstić information content (AvgIpc) is 2.75. The van der Waals surface area contributed by atoms with Crippen molar-refractivity contribution in [1.29, 1.82) is 0 Å². The first-order valence-electron chi connectivity index (χ1n) is 9.83. The second-order valence-electron chi connectivity index (χ2n) is 6.18. The van der Waals surface area contributed by atoms with Crippen LogP contribution in [0.5, 0.6) is 0 Å². The van der Waals surface area contributed by atoms with E-state index in [4.69, 9.17) is 20.1 Å². The Hall–Kier alpha value is -3.00. The molecule has 9 nitrogen and oxygen atoms in total. The largest absolute Gasteiger partial charge is 0.465 e. The van der Waals surface area contributed by atoms with Gasteiger partial charge < -0.3 is 14.6 Å². The van der Waals surface area contributed by atoms with Crippen LogP contribution in [0.3, 0.4) is 0 Å². The molecule has 0 atom stereocenters. The molecule has 162 valence electrons. The fraction of sp³-hybridized carbons (Fsp3) is 0.476. The Bertz CT molecular complexity index is 767. The molecule has 0 radical (unpaired) electrons. The minimum absolute atomic E-state index is 0.124. The molecule has 0 aliphatic heterocycles. The molecule has 0 aliphatic carbocycles. The maximum atomic E-state index is 10.4. The summed E-state index contributed by atoms with van der Waals surface area (Å²) in [5, 5.41) is 12.2. The van der Waals surface area contributed by atoms with E-state index in [1.54, 1.807) is 6.20 Å². The van der Waals surface area contributed by atoms with E-state index in [0.29, 0.717) is 39.2 Å². The highest BCUT2D eigenvalue weighted by Gasteiger charge is 1.98. The smallest absolute Gasteiger partial charge is 0.302 e. The summed E-state index contributed by atoms with van der Waals surface area (Å²) in [5.74, 6) is -0.245. The second kappa shape index (κ2) is 16.9. The first-order chi connectivity index (χ1) is 14.7. The molecule has 0 bridgehead atoms. The monoisotopic (exact) mass is 415 g/mol. The maximum Gasteiger partial charge on any atom is 0.302 e. The minimum Gasteiger partial charge on any atom is -0.465 e. The van der Waals surface area contributed by atoms with Gasteiger partial charge in [0, 0.05) is 67.7 Å². The summed E-state index contributed by atoms with van der Waals surface area (Å²) in [7, 11) is 0. The van der Waals surface area contributed by atoms with Gasteiger partial charge in [-0.3, -0.25) is 14.8 Å². The highest BCUT2D eigenvalue weighted by molar-refractivity contribution is 5.65. The molecule has 1 N–H and O–H groups in total. The fourth-order valence-corrected chi connectivity index (χ4v) is 2.38. The van der Waals surface area contributed by atoms with E-state index in [9.17, 15) is 4.79 Å². The highest BCUT2D eigenvalue weighted by Crippen LogP contribution is 2.03. The molecule has 0 aromatic carbocycles. The summed E-state index contributed by atoms with van der Waals surface area (Å²) in [4.78, 5) is 21.5. The van der Waals surface area contributed by atoms with Gasteiger partial charge >= 0.3 is 5.97 Å². The lowest BCUT2D eigenvalue weighted by molar-refractivity contribution is -0.140. The lowest BCUT2D eigenvalue weighted by Gasteiger charge is -2.04. The molecular weight excluding hydrogens is 386 g/mol. The Morgan fingerprint density at radius 2 is 1.83 bits per heavy atom. The van der Waals surface area contributed by atoms with E-state index in [0.717, 1.165) is 29.9 Å². The van der Waals surface area contributed by atoms with Crippen LogP contribution in [-0.4, -0.2) is 54.0 Å². The number of ether oxygens (including phenoxy) is 2. The Balaban J connectivity index is 0.000000325. The van der Waals surface area contributed by atoms with Crippen LogP contribution in [0.15, 0.2) is 47.7 Å². The number of aliphatic hydroxyl groups is 1. The van der Waals surface area contributed by atoms with Crippen LogP contribution >= 0.6 is 0 Å². The van der Waals surface area contributed by atoms with Gasteiger partial charge in [0.2, 0.25) is 0 Å². The highest BCUT2D eigenvalue weighted by atomic mass is 16.5. The number of aliphatic hydroxyl groups excluding tert-OH is 1. The second-order valence-corrected chi connectivity index (χ2v) is 6.18. The SMILES string of the molecule is CC(=O)OCCc1ccccn1.[N-]=[N+]=NCCOCCCc1cccc(CCO)n1. The topological polar surface area (TPSA) is 130 Å². The van der Waals surface area contributed by atoms with Crippen LogP contribution in [0.25, 0.3) is 10.4 Å². The van der Waals surface area contributed by atoms with Crippen molar-refractivity contribution in [3.63, 3.8) is 0 Å². The molecule has 2 rings (SSSR count). The molecule has 0 unspecified atom stereocenters. The van der Waals surface area contributed by atoms with Crippen molar-refractivity contribution in [2.45, 2.75) is 32.6 Å². The van der Waals surface area contributed by atoms with Crippen LogP contribution in [0.2, 0.25) is 0 Å². The summed E-state index contributed by atoms with van der Waals surface area (Å²) in [6.45, 7) is 3.40. The molecule has 30 heavy (non-hydrogen) atoms. The van der Waals surface area contributed by atoms with Crippen molar-refractivity contribution in [2.75, 3.05) is 33.0 Å². The van der Waals surface area contributed by atoms with Gasteiger partial charge in [-0.15, -0.1) is 0 Å². The number of pyridine rings is 2. The van der Waals surface area contributed by atoms with Crippen molar-refractivity contribution in [3.05, 3.63) is 70.1 Å². The number of aryl methyl sites for hydroxylation is 1. The van der Waals surface area contributed by atoms with Crippen molar-refractivity contribution in [1.82, 2.24) is 9.97 Å². The number of carbonyl (C=O) groups excluding carboxylic acids is 1. The number of esters is 1. The number of hydrogen-bond acceptors (Lipinski definition) is 7. The van der Waals surface area contributed by atoms with Crippen LogP contribution < -0.4 is 0 Å². The third-order valence-corrected chi connectivity index (χ3v) is 3.74. The number of carbonyl (C=O) groups is 1. The van der Waals surface area contributed by atoms with Crippen molar-refractivity contribution in [2.24, 2.45) is 5.11 Å². The van der Waals surface area contributed by atoms with E-state index in [2.05, 4.69) is 20.0 Å². The molecule has 2 aromatic heterocycles. The van der Waals surface area contributed by atoms with E-state index in [1.807, 2.05) is 36.4 Å². The van der Waals surface area contributed by atoms with E-state index < -0.39 is 0 Å². The number of rotatable bonds is 12. The quantitative estimate of drug-likeness (QED) is 0.186. The first-order valence-corrected chi connectivity index (χ1v) is 9.83. The summed E-state index contributed by atoms with van der Waals surface area (Å²) >= 11 is 0. The van der Waals surface area contributed by atoms with Gasteiger partial charge in [-0.1, -0.05) is 17.2 Å². The summed E-state index contributed by atoms with van der Waals surface area (Å²) in [5.41, 5.74) is 10.9. The summed E-state index contributed by atoms with van der Waals surface area (Å²) in [6.07, 6.45) is 4.73. The Morgan fingerprint density at radius 3 is 2.50 bits per heavy atom. The number of aromatic nitrogens is 2. The van der Waals surface area contributed by atoms with E-state index in [-0.39, 0.29) is 12.6 Å². The molecule has 0 amide bonds. The number of hydrogen-bond donors (Lipinski definition) is 1. The standard InChI is InChI=1S/C12H18N4O2.C9H11NO2/c13-16-14-7-10-18-9-2-5-11-3-1-4-12(15-11)6-8-17;1-8(11)12-7-5-9-4-2-3-6-10-9/h1,3-4,17H,2,5-10H2;2-4,6H,5,7H2,1H3. The predicted octanol–water partition coefficient (Wildman–Crippen LogP) is 3.06. The Labute approximate surface area is 176 Å². The normalized spacial score (nSPS) is 9.80. The zero-order chi connectivity index (χ0) is 21.9. The molecule has 0 fully saturated rings. The molecule has 0 aliphatic rings. The van der Waals surface area contributed by atoms with Gasteiger partial charge in [0.15, 0.2) is 0 Å². The molecule has 0 spiro atoms. The maximum absolute atomic E-state index is 10.4. The van der Waals surface area contributed by atoms with Crippen LogP contribution in [0.1, 0.15) is 30.4 Å². The zero-order valence-corrected chi connectivity index (χ0v) is 17.3. The lowest BCUT2D eigenvalue weighted by atomic mass is 10.2. The third kappa shape index (κ3) is 13.2. The van der Waals surface area contributed by atoms with Gasteiger partial charge in [-0.25, -0.2) is 0 Å². The van der Waals surface area contributed by atoms with Crippen molar-refractivity contribution < 1.29 is 19.4 Å². The molecule has 0 saturated carbocycles. The molecule has 2 heterocycles. The summed E-state index contributed by atoms with van der Waals surface area (Å²) in [6, 6.07) is 11.5. The van der Waals surface area contributed by atoms with Crippen molar-refractivity contribution >= 4 is 5.97 Å². The van der Waals surface area contributed by atoms with E-state index >= 15 is 0 Å². The summed E-state index contributed by atoms with van der Waals surface area (Å²) < 4.78 is 10.1. The number of azide groups is 1. The van der Waals surface area contributed by atoms with Crippen LogP contribution in [0.4, 0.5) is 0 Å². The molecule has 0 saturated heterocycles. The molecule has 9 heteroatoms. The van der Waals surface area contributed by atoms with Gasteiger partial charge in [0.05, 0.1) is 13.2 Å². The van der Waals surface area contributed by atoms with Crippen LogP contribution in [0, 0.1) is 0 Å². The minimum atomic E-state index is -0.245. The van der Waals surface area contributed by atoms with Gasteiger partial charge in [0.1, 0.15) is 0 Å². The first kappa shape index (κ1) is 25.0. The average molecular weight is 415 g/mol. The third-order valence-electron chi connectivity index (χ3n) is 3.74. The van der Waals surface area contributed by atoms with Gasteiger partial charge in [-0.05, 0) is 42.6 Å². The zero-order valence-electron chi connectivity index (χ0n) is 17.3. The molecular formula is C21H29N5O4. The van der Waals surface area contributed by atoms with Crippen LogP contribution in [-0.2, 0) is 33.5 Å². The molecule has 2 aromatic rings. The van der Waals surface area contributed by atoms with Crippen molar-refractivity contribution in [3.8, 4) is 0 Å². The predicted molar refractivity (Wildman–Crippen MR) is 113 cm³/mol. The fourth-order valence-electron chi connectivity index (χ4n) is 2.38. The van der Waals surface area contributed by atoms with Gasteiger partial charge in [-0.2, -0.15) is 0 Å². The Morgan fingerprint density at radius 1 is 1.07 bits per heavy atom. The Kier molecular flexibility index (Phi) is 14.1. The van der Waals surface area contributed by atoms with Gasteiger partial charge in [0.25, 0.3) is 0 Å². The lowest BCUT2D eigenvalue weighted by Crippen LogP contribution is -2.03. The van der Waals surface area contributed by atoms with E-state index in [1.165, 1.54) is 6.92 Å².